The van der Waals surface area contributed by atoms with Gasteiger partial charge >= 0.3 is 6.03 Å². The molecule has 0 unspecified atom stereocenters. The van der Waals surface area contributed by atoms with E-state index in [4.69, 9.17) is 0 Å². The average Bonchev–Trinajstić information content (AvgIpc) is 2.63. The fraction of sp³-hybridized carbons (Fsp3) is 0.421. The molecule has 2 N–H and O–H groups in total. The lowest BCUT2D eigenvalue weighted by molar-refractivity contribution is 0.249. The third-order valence-electron chi connectivity index (χ3n) is 4.26. The minimum Gasteiger partial charge on any atom is -0.354 e. The first kappa shape index (κ1) is 18.1. The molecule has 3 rings (SSSR count). The van der Waals surface area contributed by atoms with Crippen LogP contribution >= 0.6 is 0 Å². The molecule has 7 heteroatoms. The molecule has 0 aliphatic carbocycles. The molecule has 2 aromatic rings. The number of urea groups is 1. The van der Waals surface area contributed by atoms with Crippen molar-refractivity contribution in [3.8, 4) is 0 Å². The first-order chi connectivity index (χ1) is 12.6. The van der Waals surface area contributed by atoms with Crippen molar-refractivity contribution < 1.29 is 4.79 Å². The molecule has 2 heterocycles. The Morgan fingerprint density at radius 2 is 1.85 bits per heavy atom. The standard InChI is InChI=1S/C19H26N6O/c1-15(2)22-19(26)23-17-12-18(21-14-20-17)25-10-8-24(9-11-25)13-16-6-4-3-5-7-16/h3-7,12,14-15H,8-11,13H2,1-2H3,(H2,20,21,22,23,26). The highest BCUT2D eigenvalue weighted by Gasteiger charge is 2.18. The topological polar surface area (TPSA) is 73.4 Å². The molecular weight excluding hydrogens is 328 g/mol. The lowest BCUT2D eigenvalue weighted by Crippen LogP contribution is -2.46. The lowest BCUT2D eigenvalue weighted by Gasteiger charge is -2.35. The van der Waals surface area contributed by atoms with Crippen molar-refractivity contribution >= 4 is 17.7 Å². The molecule has 1 aliphatic heterocycles. The van der Waals surface area contributed by atoms with Crippen LogP contribution in [0, 0.1) is 0 Å². The Bertz CT molecular complexity index is 713. The van der Waals surface area contributed by atoms with E-state index >= 15 is 0 Å². The Balaban J connectivity index is 1.54. The van der Waals surface area contributed by atoms with Crippen LogP contribution in [0.1, 0.15) is 19.4 Å². The van der Waals surface area contributed by atoms with Crippen molar-refractivity contribution in [2.24, 2.45) is 0 Å². The molecule has 7 nitrogen and oxygen atoms in total. The fourth-order valence-corrected chi connectivity index (χ4v) is 2.98. The Morgan fingerprint density at radius 3 is 2.54 bits per heavy atom. The van der Waals surface area contributed by atoms with Crippen LogP contribution in [0.15, 0.2) is 42.7 Å². The number of nitrogens with one attached hydrogen (secondary N) is 2. The average molecular weight is 354 g/mol. The summed E-state index contributed by atoms with van der Waals surface area (Å²) in [6.07, 6.45) is 1.50. The number of nitrogens with zero attached hydrogens (tertiary/aromatic N) is 4. The molecule has 0 atom stereocenters. The van der Waals surface area contributed by atoms with Crippen molar-refractivity contribution in [2.45, 2.75) is 26.4 Å². The van der Waals surface area contributed by atoms with Crippen LogP contribution in [0.25, 0.3) is 0 Å². The first-order valence-electron chi connectivity index (χ1n) is 9.01. The maximum atomic E-state index is 11.8. The lowest BCUT2D eigenvalue weighted by atomic mass is 10.2. The molecule has 1 aliphatic rings. The van der Waals surface area contributed by atoms with E-state index in [1.807, 2.05) is 26.0 Å². The van der Waals surface area contributed by atoms with E-state index in [0.717, 1.165) is 38.5 Å². The van der Waals surface area contributed by atoms with E-state index in [0.29, 0.717) is 5.82 Å². The summed E-state index contributed by atoms with van der Waals surface area (Å²) in [5.41, 5.74) is 1.34. The van der Waals surface area contributed by atoms with Crippen LogP contribution in [0.3, 0.4) is 0 Å². The van der Waals surface area contributed by atoms with E-state index in [9.17, 15) is 4.79 Å². The highest BCUT2D eigenvalue weighted by atomic mass is 16.2. The Kier molecular flexibility index (Phi) is 6.01. The summed E-state index contributed by atoms with van der Waals surface area (Å²) in [6, 6.07) is 12.2. The van der Waals surface area contributed by atoms with Crippen molar-refractivity contribution in [1.82, 2.24) is 20.2 Å². The van der Waals surface area contributed by atoms with Crippen LogP contribution in [0.4, 0.5) is 16.4 Å². The molecular formula is C19H26N6O. The number of aromatic nitrogens is 2. The summed E-state index contributed by atoms with van der Waals surface area (Å²) >= 11 is 0. The second-order valence-corrected chi connectivity index (χ2v) is 6.76. The Hall–Kier alpha value is -2.67. The highest BCUT2D eigenvalue weighted by molar-refractivity contribution is 5.88. The van der Waals surface area contributed by atoms with Crippen LogP contribution in [-0.2, 0) is 6.54 Å². The summed E-state index contributed by atoms with van der Waals surface area (Å²) < 4.78 is 0. The molecule has 138 valence electrons. The van der Waals surface area contributed by atoms with Crippen LogP contribution in [0.2, 0.25) is 0 Å². The summed E-state index contributed by atoms with van der Waals surface area (Å²) in [4.78, 5) is 25.0. The highest BCUT2D eigenvalue weighted by Crippen LogP contribution is 2.17. The van der Waals surface area contributed by atoms with Gasteiger partial charge in [0, 0.05) is 44.8 Å². The van der Waals surface area contributed by atoms with Crippen molar-refractivity contribution in [2.75, 3.05) is 36.4 Å². The minimum absolute atomic E-state index is 0.0778. The van der Waals surface area contributed by atoms with Gasteiger partial charge < -0.3 is 10.2 Å². The smallest absolute Gasteiger partial charge is 0.320 e. The normalized spacial score (nSPS) is 15.1. The second-order valence-electron chi connectivity index (χ2n) is 6.76. The van der Waals surface area contributed by atoms with Gasteiger partial charge in [0.25, 0.3) is 0 Å². The second kappa shape index (κ2) is 8.62. The molecule has 1 fully saturated rings. The monoisotopic (exact) mass is 354 g/mol. The van der Waals surface area contributed by atoms with Gasteiger partial charge in [-0.25, -0.2) is 14.8 Å². The maximum Gasteiger partial charge on any atom is 0.320 e. The Labute approximate surface area is 154 Å². The van der Waals surface area contributed by atoms with Gasteiger partial charge in [0.2, 0.25) is 0 Å². The maximum absolute atomic E-state index is 11.8. The van der Waals surface area contributed by atoms with Gasteiger partial charge in [0.05, 0.1) is 0 Å². The number of carbonyl (C=O) groups excluding carboxylic acids is 1. The van der Waals surface area contributed by atoms with Gasteiger partial charge in [-0.1, -0.05) is 30.3 Å². The van der Waals surface area contributed by atoms with Gasteiger partial charge in [-0.15, -0.1) is 0 Å². The molecule has 0 radical (unpaired) electrons. The molecule has 0 bridgehead atoms. The number of piperazine rings is 1. The number of benzene rings is 1. The van der Waals surface area contributed by atoms with E-state index in [1.54, 1.807) is 0 Å². The summed E-state index contributed by atoms with van der Waals surface area (Å²) in [5.74, 6) is 1.36. The van der Waals surface area contributed by atoms with E-state index < -0.39 is 0 Å². The van der Waals surface area contributed by atoms with Gasteiger partial charge in [0.1, 0.15) is 18.0 Å². The Morgan fingerprint density at radius 1 is 1.12 bits per heavy atom. The van der Waals surface area contributed by atoms with E-state index in [-0.39, 0.29) is 12.1 Å². The van der Waals surface area contributed by atoms with Gasteiger partial charge in [-0.2, -0.15) is 0 Å². The van der Waals surface area contributed by atoms with E-state index in [1.165, 1.54) is 11.9 Å². The first-order valence-corrected chi connectivity index (χ1v) is 9.01. The summed E-state index contributed by atoms with van der Waals surface area (Å²) in [6.45, 7) is 8.58. The number of rotatable bonds is 5. The van der Waals surface area contributed by atoms with Crippen molar-refractivity contribution in [3.05, 3.63) is 48.3 Å². The summed E-state index contributed by atoms with van der Waals surface area (Å²) in [5, 5.41) is 5.54. The quantitative estimate of drug-likeness (QED) is 0.862. The summed E-state index contributed by atoms with van der Waals surface area (Å²) in [7, 11) is 0. The molecule has 2 amide bonds. The predicted octanol–water partition coefficient (Wildman–Crippen LogP) is 2.33. The van der Waals surface area contributed by atoms with E-state index in [2.05, 4.69) is 54.7 Å². The van der Waals surface area contributed by atoms with Gasteiger partial charge in [-0.3, -0.25) is 10.2 Å². The predicted molar refractivity (Wildman–Crippen MR) is 103 cm³/mol. The SMILES string of the molecule is CC(C)NC(=O)Nc1cc(N2CCN(Cc3ccccc3)CC2)ncn1. The zero-order chi connectivity index (χ0) is 18.4. The molecule has 1 aromatic carbocycles. The third-order valence-corrected chi connectivity index (χ3v) is 4.26. The van der Waals surface area contributed by atoms with Crippen molar-refractivity contribution in [3.63, 3.8) is 0 Å². The third kappa shape index (κ3) is 5.16. The van der Waals surface area contributed by atoms with Crippen molar-refractivity contribution in [1.29, 1.82) is 0 Å². The number of amides is 2. The van der Waals surface area contributed by atoms with Crippen LogP contribution in [-0.4, -0.2) is 53.1 Å². The number of carbonyl (C=O) groups is 1. The van der Waals surface area contributed by atoms with Crippen LogP contribution < -0.4 is 15.5 Å². The minimum atomic E-state index is -0.252. The zero-order valence-electron chi connectivity index (χ0n) is 15.4. The molecule has 1 aromatic heterocycles. The van der Waals surface area contributed by atoms with Gasteiger partial charge in [-0.05, 0) is 19.4 Å². The largest absolute Gasteiger partial charge is 0.354 e. The van der Waals surface area contributed by atoms with Gasteiger partial charge in [0.15, 0.2) is 0 Å². The number of anilines is 2. The zero-order valence-corrected chi connectivity index (χ0v) is 15.4. The molecule has 26 heavy (non-hydrogen) atoms. The molecule has 0 saturated carbocycles. The molecule has 1 saturated heterocycles. The molecule has 0 spiro atoms. The fourth-order valence-electron chi connectivity index (χ4n) is 2.98. The number of hydrogen-bond acceptors (Lipinski definition) is 5. The van der Waals surface area contributed by atoms with Crippen LogP contribution in [0.5, 0.6) is 0 Å². The number of hydrogen-bond donors (Lipinski definition) is 2.